The predicted molar refractivity (Wildman–Crippen MR) is 94.1 cm³/mol. The molecule has 1 amide bonds. The van der Waals surface area contributed by atoms with Gasteiger partial charge in [-0.1, -0.05) is 6.07 Å². The number of nitrogens with one attached hydrogen (secondary N) is 2. The summed E-state index contributed by atoms with van der Waals surface area (Å²) < 4.78 is 9.19. The number of methoxy groups -OCH3 is 2. The van der Waals surface area contributed by atoms with Crippen LogP contribution in [-0.2, 0) is 19.1 Å². The van der Waals surface area contributed by atoms with Gasteiger partial charge in [-0.15, -0.1) is 0 Å². The van der Waals surface area contributed by atoms with Crippen LogP contribution in [0.3, 0.4) is 0 Å². The molecule has 25 heavy (non-hydrogen) atoms. The molecule has 0 saturated heterocycles. The summed E-state index contributed by atoms with van der Waals surface area (Å²) in [4.78, 5) is 35.7. The third kappa shape index (κ3) is 5.95. The van der Waals surface area contributed by atoms with Crippen molar-refractivity contribution in [3.05, 3.63) is 41.1 Å². The predicted octanol–water partition coefficient (Wildman–Crippen LogP) is 2.17. The van der Waals surface area contributed by atoms with Crippen molar-refractivity contribution in [2.24, 2.45) is 0 Å². The largest absolute Gasteiger partial charge is 0.466 e. The van der Waals surface area contributed by atoms with Crippen LogP contribution in [0.4, 0.5) is 5.69 Å². The Kier molecular flexibility index (Phi) is 6.73. The minimum absolute atomic E-state index is 0.0918. The summed E-state index contributed by atoms with van der Waals surface area (Å²) in [5, 5.41) is 5.71. The van der Waals surface area contributed by atoms with Crippen LogP contribution < -0.4 is 10.6 Å². The van der Waals surface area contributed by atoms with Crippen LogP contribution in [0.25, 0.3) is 0 Å². The van der Waals surface area contributed by atoms with Gasteiger partial charge in [0, 0.05) is 16.8 Å². The van der Waals surface area contributed by atoms with Gasteiger partial charge in [-0.2, -0.15) is 0 Å². The Morgan fingerprint density at radius 1 is 1.08 bits per heavy atom. The number of benzene rings is 1. The van der Waals surface area contributed by atoms with Crippen LogP contribution in [0.5, 0.6) is 0 Å². The van der Waals surface area contributed by atoms with E-state index in [-0.39, 0.29) is 17.1 Å². The van der Waals surface area contributed by atoms with Crippen molar-refractivity contribution < 1.29 is 23.9 Å². The molecule has 7 heteroatoms. The maximum Gasteiger partial charge on any atom is 0.354 e. The summed E-state index contributed by atoms with van der Waals surface area (Å²) in [6, 6.07) is 5.06. The van der Waals surface area contributed by atoms with E-state index in [0.29, 0.717) is 16.8 Å². The van der Waals surface area contributed by atoms with Crippen molar-refractivity contribution >= 4 is 23.5 Å². The lowest BCUT2D eigenvalue weighted by Gasteiger charge is -2.22. The highest BCUT2D eigenvalue weighted by atomic mass is 16.5. The molecular weight excluding hydrogens is 324 g/mol. The molecular formula is C18H24N2O5. The van der Waals surface area contributed by atoms with E-state index in [1.54, 1.807) is 25.1 Å². The molecule has 0 aliphatic rings. The fourth-order valence-electron chi connectivity index (χ4n) is 2.00. The minimum atomic E-state index is -0.727. The minimum Gasteiger partial charge on any atom is -0.466 e. The van der Waals surface area contributed by atoms with Crippen molar-refractivity contribution in [3.63, 3.8) is 0 Å². The number of hydrogen-bond donors (Lipinski definition) is 2. The normalized spacial score (nSPS) is 11.5. The molecule has 0 saturated carbocycles. The van der Waals surface area contributed by atoms with Crippen molar-refractivity contribution in [1.82, 2.24) is 5.32 Å². The number of anilines is 1. The summed E-state index contributed by atoms with van der Waals surface area (Å²) >= 11 is 0. The molecule has 1 rings (SSSR count). The second-order valence-electron chi connectivity index (χ2n) is 6.38. The zero-order chi connectivity index (χ0) is 19.2. The van der Waals surface area contributed by atoms with Gasteiger partial charge in [0.1, 0.15) is 5.70 Å². The molecule has 0 atom stereocenters. The van der Waals surface area contributed by atoms with E-state index < -0.39 is 11.9 Å². The van der Waals surface area contributed by atoms with Crippen LogP contribution in [0.2, 0.25) is 0 Å². The van der Waals surface area contributed by atoms with Gasteiger partial charge < -0.3 is 20.1 Å². The number of rotatable bonds is 5. The van der Waals surface area contributed by atoms with Crippen LogP contribution in [0.15, 0.2) is 30.0 Å². The first-order chi connectivity index (χ1) is 11.6. The average Bonchev–Trinajstić information content (AvgIpc) is 2.53. The van der Waals surface area contributed by atoms with E-state index in [0.717, 1.165) is 6.08 Å². The van der Waals surface area contributed by atoms with E-state index in [9.17, 15) is 14.4 Å². The summed E-state index contributed by atoms with van der Waals surface area (Å²) in [6.07, 6.45) is 0.993. The molecule has 0 aromatic heterocycles. The number of amides is 1. The van der Waals surface area contributed by atoms with Crippen molar-refractivity contribution in [2.45, 2.75) is 33.2 Å². The molecule has 0 aliphatic carbocycles. The number of ether oxygens (including phenoxy) is 2. The molecule has 1 aromatic carbocycles. The highest BCUT2D eigenvalue weighted by Gasteiger charge is 2.19. The molecule has 0 unspecified atom stereocenters. The highest BCUT2D eigenvalue weighted by Crippen LogP contribution is 2.21. The summed E-state index contributed by atoms with van der Waals surface area (Å²) in [5.74, 6) is -1.66. The quantitative estimate of drug-likeness (QED) is 0.626. The summed E-state index contributed by atoms with van der Waals surface area (Å²) in [6.45, 7) is 7.40. The number of esters is 2. The average molecular weight is 348 g/mol. The topological polar surface area (TPSA) is 93.7 Å². The van der Waals surface area contributed by atoms with Crippen LogP contribution in [0.1, 0.15) is 36.7 Å². The SMILES string of the molecule is COC(=O)/C=C(/Nc1cccc(C(=O)NC(C)(C)C)c1C)C(=O)OC. The number of carbonyl (C=O) groups excluding carboxylic acids is 3. The summed E-state index contributed by atoms with van der Waals surface area (Å²) in [7, 11) is 2.41. The molecule has 0 spiro atoms. The fourth-order valence-corrected chi connectivity index (χ4v) is 2.00. The van der Waals surface area contributed by atoms with Crippen molar-refractivity contribution in [2.75, 3.05) is 19.5 Å². The van der Waals surface area contributed by atoms with E-state index in [2.05, 4.69) is 20.1 Å². The Labute approximate surface area is 147 Å². The van der Waals surface area contributed by atoms with Crippen molar-refractivity contribution in [3.8, 4) is 0 Å². The Hall–Kier alpha value is -2.83. The molecule has 0 bridgehead atoms. The second kappa shape index (κ2) is 8.32. The zero-order valence-corrected chi connectivity index (χ0v) is 15.4. The maximum atomic E-state index is 12.4. The van der Waals surface area contributed by atoms with E-state index in [1.807, 2.05) is 20.8 Å². The van der Waals surface area contributed by atoms with Crippen LogP contribution in [0, 0.1) is 6.92 Å². The number of carbonyl (C=O) groups is 3. The molecule has 0 fully saturated rings. The smallest absolute Gasteiger partial charge is 0.354 e. The molecule has 0 aliphatic heterocycles. The third-order valence-electron chi connectivity index (χ3n) is 3.20. The highest BCUT2D eigenvalue weighted by molar-refractivity contribution is 6.00. The lowest BCUT2D eigenvalue weighted by Crippen LogP contribution is -2.40. The maximum absolute atomic E-state index is 12.4. The first-order valence-electron chi connectivity index (χ1n) is 7.66. The standard InChI is InChI=1S/C18H24N2O5/c1-11-12(16(22)20-18(2,3)4)8-7-9-13(11)19-14(17(23)25-6)10-15(21)24-5/h7-10,19H,1-6H3,(H,20,22)/b14-10+. The molecule has 0 radical (unpaired) electrons. The molecule has 136 valence electrons. The number of hydrogen-bond acceptors (Lipinski definition) is 6. The molecule has 7 nitrogen and oxygen atoms in total. The van der Waals surface area contributed by atoms with Gasteiger partial charge in [0.2, 0.25) is 0 Å². The summed E-state index contributed by atoms with van der Waals surface area (Å²) in [5.41, 5.74) is 1.12. The third-order valence-corrected chi connectivity index (χ3v) is 3.20. The Balaban J connectivity index is 3.19. The Morgan fingerprint density at radius 3 is 2.24 bits per heavy atom. The van der Waals surface area contributed by atoms with Gasteiger partial charge in [0.05, 0.1) is 20.3 Å². The van der Waals surface area contributed by atoms with Gasteiger partial charge in [0.15, 0.2) is 0 Å². The lowest BCUT2D eigenvalue weighted by molar-refractivity contribution is -0.138. The van der Waals surface area contributed by atoms with Gasteiger partial charge >= 0.3 is 11.9 Å². The second-order valence-corrected chi connectivity index (χ2v) is 6.38. The monoisotopic (exact) mass is 348 g/mol. The van der Waals surface area contributed by atoms with Gasteiger partial charge in [-0.05, 0) is 45.4 Å². The van der Waals surface area contributed by atoms with Crippen LogP contribution >= 0.6 is 0 Å². The molecule has 2 N–H and O–H groups in total. The zero-order valence-electron chi connectivity index (χ0n) is 15.4. The van der Waals surface area contributed by atoms with Crippen molar-refractivity contribution in [1.29, 1.82) is 0 Å². The van der Waals surface area contributed by atoms with E-state index >= 15 is 0 Å². The fraction of sp³-hybridized carbons (Fsp3) is 0.389. The van der Waals surface area contributed by atoms with E-state index in [1.165, 1.54) is 14.2 Å². The van der Waals surface area contributed by atoms with Gasteiger partial charge in [-0.25, -0.2) is 9.59 Å². The van der Waals surface area contributed by atoms with Crippen LogP contribution in [-0.4, -0.2) is 37.6 Å². The van der Waals surface area contributed by atoms with Gasteiger partial charge in [-0.3, -0.25) is 4.79 Å². The van der Waals surface area contributed by atoms with E-state index in [4.69, 9.17) is 0 Å². The van der Waals surface area contributed by atoms with Gasteiger partial charge in [0.25, 0.3) is 5.91 Å². The molecule has 0 heterocycles. The first kappa shape index (κ1) is 20.2. The first-order valence-corrected chi connectivity index (χ1v) is 7.66. The molecule has 1 aromatic rings. The Bertz CT molecular complexity index is 702. The lowest BCUT2D eigenvalue weighted by atomic mass is 10.0. The Morgan fingerprint density at radius 2 is 1.72 bits per heavy atom.